The number of sulfonamides is 1. The van der Waals surface area contributed by atoms with E-state index in [0.717, 1.165) is 6.07 Å². The molecule has 0 spiro atoms. The van der Waals surface area contributed by atoms with Crippen molar-refractivity contribution in [1.82, 2.24) is 9.62 Å². The topological polar surface area (TPSA) is 73.2 Å². The molecule has 1 N–H and O–H groups in total. The van der Waals surface area contributed by atoms with E-state index in [1.807, 2.05) is 6.92 Å². The molecule has 1 aromatic carbocycles. The maximum Gasteiger partial charge on any atom is 0.244 e. The van der Waals surface area contributed by atoms with Gasteiger partial charge in [-0.1, -0.05) is 6.07 Å². The monoisotopic (exact) mass is 283 g/mol. The minimum atomic E-state index is -3.83. The molecular weight excluding hydrogens is 269 g/mol. The zero-order chi connectivity index (χ0) is 14.0. The van der Waals surface area contributed by atoms with Crippen LogP contribution in [0.5, 0.6) is 0 Å². The average molecular weight is 283 g/mol. The van der Waals surface area contributed by atoms with E-state index in [-0.39, 0.29) is 10.9 Å². The van der Waals surface area contributed by atoms with Crippen molar-refractivity contribution in [2.24, 2.45) is 0 Å². The lowest BCUT2D eigenvalue weighted by molar-refractivity contribution is 0.310. The van der Waals surface area contributed by atoms with Crippen LogP contribution >= 0.6 is 0 Å². The van der Waals surface area contributed by atoms with E-state index >= 15 is 0 Å². The van der Waals surface area contributed by atoms with E-state index in [4.69, 9.17) is 5.26 Å². The van der Waals surface area contributed by atoms with Crippen LogP contribution in [-0.2, 0) is 10.0 Å². The highest BCUT2D eigenvalue weighted by molar-refractivity contribution is 7.89. The van der Waals surface area contributed by atoms with Gasteiger partial charge in [0.2, 0.25) is 10.0 Å². The standard InChI is InChI=1S/C12H14FN3O2S/c1-9-8-16(6-5-15-9)19(17,18)12-4-2-3-11(13)10(12)7-14/h2-4,9,15H,5-6,8H2,1H3/t9-/m0/s1. The van der Waals surface area contributed by atoms with Crippen molar-refractivity contribution in [2.75, 3.05) is 19.6 Å². The summed E-state index contributed by atoms with van der Waals surface area (Å²) in [5, 5.41) is 12.1. The summed E-state index contributed by atoms with van der Waals surface area (Å²) in [5.41, 5.74) is -0.423. The molecule has 0 aromatic heterocycles. The minimum Gasteiger partial charge on any atom is -0.312 e. The zero-order valence-corrected chi connectivity index (χ0v) is 11.2. The van der Waals surface area contributed by atoms with Gasteiger partial charge in [0.05, 0.1) is 0 Å². The van der Waals surface area contributed by atoms with E-state index in [1.54, 1.807) is 6.07 Å². The van der Waals surface area contributed by atoms with Gasteiger partial charge in [-0.05, 0) is 19.1 Å². The van der Waals surface area contributed by atoms with Crippen LogP contribution in [0.3, 0.4) is 0 Å². The Hall–Kier alpha value is -1.49. The number of halogens is 1. The van der Waals surface area contributed by atoms with Crippen molar-refractivity contribution in [3.63, 3.8) is 0 Å². The second kappa shape index (κ2) is 5.25. The minimum absolute atomic E-state index is 0.0302. The first kappa shape index (κ1) is 13.9. The first-order valence-electron chi connectivity index (χ1n) is 5.89. The Morgan fingerprint density at radius 3 is 2.89 bits per heavy atom. The number of benzene rings is 1. The highest BCUT2D eigenvalue weighted by atomic mass is 32.2. The SMILES string of the molecule is C[C@H]1CN(S(=O)(=O)c2cccc(F)c2C#N)CCN1. The van der Waals surface area contributed by atoms with Crippen molar-refractivity contribution < 1.29 is 12.8 Å². The fourth-order valence-electron chi connectivity index (χ4n) is 2.08. The summed E-state index contributed by atoms with van der Waals surface area (Å²) < 4.78 is 39.7. The normalized spacial score (nSPS) is 21.0. The van der Waals surface area contributed by atoms with E-state index < -0.39 is 21.4 Å². The van der Waals surface area contributed by atoms with Crippen LogP contribution < -0.4 is 5.32 Å². The van der Waals surface area contributed by atoms with Gasteiger partial charge in [-0.2, -0.15) is 9.57 Å². The molecule has 0 radical (unpaired) electrons. The molecule has 0 amide bonds. The van der Waals surface area contributed by atoms with Crippen molar-refractivity contribution in [3.8, 4) is 6.07 Å². The maximum atomic E-state index is 13.5. The summed E-state index contributed by atoms with van der Waals surface area (Å²) >= 11 is 0. The summed E-state index contributed by atoms with van der Waals surface area (Å²) in [7, 11) is -3.83. The third kappa shape index (κ3) is 2.61. The molecule has 0 unspecified atom stereocenters. The van der Waals surface area contributed by atoms with Gasteiger partial charge in [-0.3, -0.25) is 0 Å². The quantitative estimate of drug-likeness (QED) is 0.866. The van der Waals surface area contributed by atoms with Crippen LogP contribution in [0.1, 0.15) is 12.5 Å². The van der Waals surface area contributed by atoms with Crippen LogP contribution in [0.25, 0.3) is 0 Å². The fourth-order valence-corrected chi connectivity index (χ4v) is 3.76. The number of rotatable bonds is 2. The lowest BCUT2D eigenvalue weighted by Gasteiger charge is -2.31. The highest BCUT2D eigenvalue weighted by Crippen LogP contribution is 2.22. The molecule has 102 valence electrons. The van der Waals surface area contributed by atoms with Crippen LogP contribution in [0.4, 0.5) is 4.39 Å². The Balaban J connectivity index is 2.46. The molecule has 1 aliphatic rings. The van der Waals surface area contributed by atoms with Gasteiger partial charge in [0.1, 0.15) is 22.3 Å². The number of hydrogen-bond donors (Lipinski definition) is 1. The molecule has 1 heterocycles. The summed E-state index contributed by atoms with van der Waals surface area (Å²) in [6.07, 6.45) is 0. The number of nitriles is 1. The van der Waals surface area contributed by atoms with Gasteiger partial charge < -0.3 is 5.32 Å². The molecule has 0 saturated carbocycles. The Morgan fingerprint density at radius 2 is 2.26 bits per heavy atom. The first-order chi connectivity index (χ1) is 8.96. The van der Waals surface area contributed by atoms with Crippen LogP contribution in [-0.4, -0.2) is 38.4 Å². The van der Waals surface area contributed by atoms with Gasteiger partial charge in [0, 0.05) is 25.7 Å². The first-order valence-corrected chi connectivity index (χ1v) is 7.33. The number of nitrogens with one attached hydrogen (secondary N) is 1. The van der Waals surface area contributed by atoms with Crippen LogP contribution in [0, 0.1) is 17.1 Å². The molecule has 0 bridgehead atoms. The summed E-state index contributed by atoms with van der Waals surface area (Å²) in [6.45, 7) is 3.04. The Kier molecular flexibility index (Phi) is 3.85. The molecule has 1 saturated heterocycles. The lowest BCUT2D eigenvalue weighted by atomic mass is 10.2. The predicted octanol–water partition coefficient (Wildman–Crippen LogP) is 0.680. The number of piperazine rings is 1. The molecule has 0 aliphatic carbocycles. The smallest absolute Gasteiger partial charge is 0.244 e. The third-order valence-corrected chi connectivity index (χ3v) is 4.94. The summed E-state index contributed by atoms with van der Waals surface area (Å²) in [4.78, 5) is -0.260. The van der Waals surface area contributed by atoms with E-state index in [9.17, 15) is 12.8 Å². The zero-order valence-electron chi connectivity index (χ0n) is 10.4. The molecule has 1 fully saturated rings. The van der Waals surface area contributed by atoms with Crippen molar-refractivity contribution in [3.05, 3.63) is 29.6 Å². The molecule has 1 aromatic rings. The predicted molar refractivity (Wildman–Crippen MR) is 67.3 cm³/mol. The Bertz CT molecular complexity index is 624. The van der Waals surface area contributed by atoms with Crippen molar-refractivity contribution in [2.45, 2.75) is 17.9 Å². The van der Waals surface area contributed by atoms with Gasteiger partial charge in [0.25, 0.3) is 0 Å². The molecule has 1 atom stereocenters. The van der Waals surface area contributed by atoms with Crippen LogP contribution in [0.2, 0.25) is 0 Å². The molecule has 2 rings (SSSR count). The van der Waals surface area contributed by atoms with Crippen LogP contribution in [0.15, 0.2) is 23.1 Å². The van der Waals surface area contributed by atoms with Gasteiger partial charge in [0.15, 0.2) is 0 Å². The third-order valence-electron chi connectivity index (χ3n) is 3.04. The summed E-state index contributed by atoms with van der Waals surface area (Å²) in [6, 6.07) is 5.30. The number of hydrogen-bond acceptors (Lipinski definition) is 4. The van der Waals surface area contributed by atoms with Crippen molar-refractivity contribution in [1.29, 1.82) is 5.26 Å². The van der Waals surface area contributed by atoms with Crippen molar-refractivity contribution >= 4 is 10.0 Å². The second-order valence-electron chi connectivity index (χ2n) is 4.44. The second-order valence-corrected chi connectivity index (χ2v) is 6.35. The highest BCUT2D eigenvalue weighted by Gasteiger charge is 2.31. The van der Waals surface area contributed by atoms with E-state index in [1.165, 1.54) is 16.4 Å². The Morgan fingerprint density at radius 1 is 1.53 bits per heavy atom. The van der Waals surface area contributed by atoms with Gasteiger partial charge in [-0.15, -0.1) is 0 Å². The summed E-state index contributed by atoms with van der Waals surface area (Å²) in [5.74, 6) is -0.813. The Labute approximate surface area is 111 Å². The lowest BCUT2D eigenvalue weighted by Crippen LogP contribution is -2.51. The maximum absolute atomic E-state index is 13.5. The van der Waals surface area contributed by atoms with E-state index in [0.29, 0.717) is 19.6 Å². The average Bonchev–Trinajstić information content (AvgIpc) is 2.38. The number of nitrogens with zero attached hydrogens (tertiary/aromatic N) is 2. The fraction of sp³-hybridized carbons (Fsp3) is 0.417. The molecule has 1 aliphatic heterocycles. The molecule has 7 heteroatoms. The van der Waals surface area contributed by atoms with Gasteiger partial charge >= 0.3 is 0 Å². The molecular formula is C12H14FN3O2S. The largest absolute Gasteiger partial charge is 0.312 e. The van der Waals surface area contributed by atoms with Gasteiger partial charge in [-0.25, -0.2) is 12.8 Å². The molecule has 19 heavy (non-hydrogen) atoms. The van der Waals surface area contributed by atoms with E-state index in [2.05, 4.69) is 5.32 Å². The molecule has 5 nitrogen and oxygen atoms in total.